The Balaban J connectivity index is 2.11. The fourth-order valence-corrected chi connectivity index (χ4v) is 1.96. The maximum Gasteiger partial charge on any atom is 0.573 e. The first-order valence-electron chi connectivity index (χ1n) is 5.80. The number of pyridine rings is 1. The zero-order valence-electron chi connectivity index (χ0n) is 10.3. The Morgan fingerprint density at radius 3 is 2.76 bits per heavy atom. The number of imidazole rings is 1. The van der Waals surface area contributed by atoms with Crippen molar-refractivity contribution < 1.29 is 23.0 Å². The summed E-state index contributed by atoms with van der Waals surface area (Å²) in [5, 5.41) is 9.46. The lowest BCUT2D eigenvalue weighted by Crippen LogP contribution is -2.17. The highest BCUT2D eigenvalue weighted by Gasteiger charge is 2.32. The molecule has 0 unspecified atom stereocenters. The largest absolute Gasteiger partial charge is 0.573 e. The molecule has 1 aromatic carbocycles. The van der Waals surface area contributed by atoms with Gasteiger partial charge in [0.15, 0.2) is 11.5 Å². The van der Waals surface area contributed by atoms with Crippen molar-refractivity contribution in [1.29, 1.82) is 0 Å². The van der Waals surface area contributed by atoms with E-state index in [1.165, 1.54) is 18.6 Å². The van der Waals surface area contributed by atoms with Crippen LogP contribution in [-0.4, -0.2) is 26.4 Å². The highest BCUT2D eigenvalue weighted by atomic mass is 19.4. The normalized spacial score (nSPS) is 11.8. The van der Waals surface area contributed by atoms with Crippen LogP contribution in [0.4, 0.5) is 13.2 Å². The zero-order valence-corrected chi connectivity index (χ0v) is 10.3. The number of benzene rings is 1. The minimum absolute atomic E-state index is 0.400. The average molecular weight is 295 g/mol. The van der Waals surface area contributed by atoms with Gasteiger partial charge in [-0.3, -0.25) is 4.98 Å². The van der Waals surface area contributed by atoms with E-state index in [2.05, 4.69) is 19.7 Å². The van der Waals surface area contributed by atoms with Gasteiger partial charge in [-0.2, -0.15) is 0 Å². The molecular weight excluding hydrogens is 287 g/mol. The van der Waals surface area contributed by atoms with Crippen molar-refractivity contribution >= 4 is 11.0 Å². The summed E-state index contributed by atoms with van der Waals surface area (Å²) in [7, 11) is 0. The topological polar surface area (TPSA) is 71.0 Å². The van der Waals surface area contributed by atoms with Crippen molar-refractivity contribution in [1.82, 2.24) is 15.0 Å². The Bertz CT molecular complexity index is 799. The second-order valence-electron chi connectivity index (χ2n) is 4.22. The number of fused-ring (bicyclic) bond motifs is 1. The number of aromatic hydroxyl groups is 1. The maximum atomic E-state index is 12.3. The lowest BCUT2D eigenvalue weighted by atomic mass is 10.1. The second-order valence-corrected chi connectivity index (χ2v) is 4.22. The molecule has 0 bridgehead atoms. The van der Waals surface area contributed by atoms with E-state index in [9.17, 15) is 18.3 Å². The van der Waals surface area contributed by atoms with Gasteiger partial charge in [-0.25, -0.2) is 4.98 Å². The number of phenols is 1. The monoisotopic (exact) mass is 295 g/mol. The summed E-state index contributed by atoms with van der Waals surface area (Å²) in [5.74, 6) is -1.27. The van der Waals surface area contributed by atoms with Crippen LogP contribution in [0, 0.1) is 0 Å². The number of nitrogens with one attached hydrogen (secondary N) is 1. The molecule has 5 nitrogen and oxygen atoms in total. The summed E-state index contributed by atoms with van der Waals surface area (Å²) in [6, 6.07) is 3.68. The third-order valence-corrected chi connectivity index (χ3v) is 2.83. The fourth-order valence-electron chi connectivity index (χ4n) is 1.96. The van der Waals surface area contributed by atoms with Crippen molar-refractivity contribution in [2.75, 3.05) is 0 Å². The van der Waals surface area contributed by atoms with E-state index in [-0.39, 0.29) is 0 Å². The van der Waals surface area contributed by atoms with Crippen LogP contribution >= 0.6 is 0 Å². The van der Waals surface area contributed by atoms with Crippen LogP contribution in [0.25, 0.3) is 22.2 Å². The van der Waals surface area contributed by atoms with Crippen molar-refractivity contribution in [3.63, 3.8) is 0 Å². The number of hydrogen-bond acceptors (Lipinski definition) is 4. The molecule has 0 fully saturated rings. The van der Waals surface area contributed by atoms with Gasteiger partial charge in [0.1, 0.15) is 0 Å². The molecule has 0 saturated heterocycles. The van der Waals surface area contributed by atoms with Crippen LogP contribution in [0.5, 0.6) is 11.5 Å². The highest BCUT2D eigenvalue weighted by molar-refractivity contribution is 5.91. The second kappa shape index (κ2) is 4.65. The van der Waals surface area contributed by atoms with Crippen molar-refractivity contribution in [2.24, 2.45) is 0 Å². The first kappa shape index (κ1) is 13.2. The van der Waals surface area contributed by atoms with Gasteiger partial charge in [0, 0.05) is 11.8 Å². The molecular formula is C13H8F3N3O2. The number of halogens is 3. The summed E-state index contributed by atoms with van der Waals surface area (Å²) < 4.78 is 40.7. The summed E-state index contributed by atoms with van der Waals surface area (Å²) in [6.07, 6.45) is -0.387. The molecule has 0 radical (unpaired) electrons. The Kier molecular flexibility index (Phi) is 2.93. The van der Waals surface area contributed by atoms with Crippen molar-refractivity contribution in [3.05, 3.63) is 36.9 Å². The average Bonchev–Trinajstić information content (AvgIpc) is 2.88. The molecule has 0 aliphatic rings. The molecule has 0 amide bonds. The lowest BCUT2D eigenvalue weighted by molar-refractivity contribution is -0.275. The number of rotatable bonds is 2. The molecule has 108 valence electrons. The molecule has 0 spiro atoms. The van der Waals surface area contributed by atoms with Crippen LogP contribution in [0.1, 0.15) is 0 Å². The first-order chi connectivity index (χ1) is 9.94. The van der Waals surface area contributed by atoms with E-state index >= 15 is 0 Å². The molecule has 3 rings (SSSR count). The number of nitrogens with zero attached hydrogens (tertiary/aromatic N) is 2. The highest BCUT2D eigenvalue weighted by Crippen LogP contribution is 2.36. The van der Waals surface area contributed by atoms with E-state index in [0.29, 0.717) is 22.2 Å². The van der Waals surface area contributed by atoms with E-state index in [1.54, 1.807) is 6.20 Å². The van der Waals surface area contributed by atoms with Gasteiger partial charge in [-0.15, -0.1) is 13.2 Å². The van der Waals surface area contributed by atoms with E-state index in [1.807, 2.05) is 0 Å². The number of ether oxygens (including phenoxy) is 1. The molecule has 0 aliphatic carbocycles. The molecule has 3 aromatic rings. The first-order valence-corrected chi connectivity index (χ1v) is 5.80. The minimum atomic E-state index is -4.88. The number of phenolic OH excluding ortho intramolecular Hbond substituents is 1. The van der Waals surface area contributed by atoms with Crippen molar-refractivity contribution in [3.8, 4) is 22.6 Å². The van der Waals surface area contributed by atoms with E-state index in [0.717, 1.165) is 12.1 Å². The molecule has 2 aromatic heterocycles. The van der Waals surface area contributed by atoms with E-state index in [4.69, 9.17) is 0 Å². The van der Waals surface area contributed by atoms with Crippen LogP contribution in [-0.2, 0) is 0 Å². The number of aromatic amines is 1. The molecule has 2 N–H and O–H groups in total. The quantitative estimate of drug-likeness (QED) is 0.761. The number of H-pyrrole nitrogens is 1. The SMILES string of the molecule is Oc1ccc(-c2cncc3[nH]cnc23)cc1OC(F)(F)F. The molecule has 0 atom stereocenters. The minimum Gasteiger partial charge on any atom is -0.504 e. The smallest absolute Gasteiger partial charge is 0.504 e. The molecule has 8 heteroatoms. The van der Waals surface area contributed by atoms with Gasteiger partial charge in [0.05, 0.1) is 23.6 Å². The fraction of sp³-hybridized carbons (Fsp3) is 0.0769. The molecule has 2 heterocycles. The summed E-state index contributed by atoms with van der Waals surface area (Å²) in [4.78, 5) is 11.0. The van der Waals surface area contributed by atoms with Gasteiger partial charge in [0.25, 0.3) is 0 Å². The summed E-state index contributed by atoms with van der Waals surface area (Å²) in [6.45, 7) is 0. The Morgan fingerprint density at radius 1 is 1.19 bits per heavy atom. The molecule has 21 heavy (non-hydrogen) atoms. The number of hydrogen-bond donors (Lipinski definition) is 2. The number of alkyl halides is 3. The summed E-state index contributed by atoms with van der Waals surface area (Å²) >= 11 is 0. The molecule has 0 saturated carbocycles. The zero-order chi connectivity index (χ0) is 15.0. The predicted molar refractivity (Wildman–Crippen MR) is 67.7 cm³/mol. The van der Waals surface area contributed by atoms with E-state index < -0.39 is 17.9 Å². The standard InChI is InChI=1S/C13H8F3N3O2/c14-13(15,16)21-11-3-7(1-2-10(11)20)8-4-17-5-9-12(8)19-6-18-9/h1-6,20H,(H,18,19). The Labute approximate surface area is 116 Å². The maximum absolute atomic E-state index is 12.3. The molecule has 0 aliphatic heterocycles. The van der Waals surface area contributed by atoms with Crippen LogP contribution in [0.3, 0.4) is 0 Å². The van der Waals surface area contributed by atoms with Gasteiger partial charge in [-0.1, -0.05) is 6.07 Å². The van der Waals surface area contributed by atoms with Crippen molar-refractivity contribution in [2.45, 2.75) is 6.36 Å². The van der Waals surface area contributed by atoms with Crippen LogP contribution < -0.4 is 4.74 Å². The third kappa shape index (κ3) is 2.60. The van der Waals surface area contributed by atoms with Gasteiger partial charge in [0.2, 0.25) is 0 Å². The lowest BCUT2D eigenvalue weighted by Gasteiger charge is -2.12. The Hall–Kier alpha value is -2.77. The Morgan fingerprint density at radius 2 is 2.00 bits per heavy atom. The summed E-state index contributed by atoms with van der Waals surface area (Å²) in [5.41, 5.74) is 2.14. The van der Waals surface area contributed by atoms with Gasteiger partial charge >= 0.3 is 6.36 Å². The predicted octanol–water partition coefficient (Wildman–Crippen LogP) is 3.23. The van der Waals surface area contributed by atoms with Crippen LogP contribution in [0.15, 0.2) is 36.9 Å². The van der Waals surface area contributed by atoms with Gasteiger partial charge < -0.3 is 14.8 Å². The van der Waals surface area contributed by atoms with Gasteiger partial charge in [-0.05, 0) is 17.7 Å². The van der Waals surface area contributed by atoms with Crippen LogP contribution in [0.2, 0.25) is 0 Å². The number of aromatic nitrogens is 3. The third-order valence-electron chi connectivity index (χ3n) is 2.83.